The number of pyridine rings is 1. The van der Waals surface area contributed by atoms with Crippen LogP contribution in [-0.2, 0) is 0 Å². The molecule has 1 N–H and O–H groups in total. The van der Waals surface area contributed by atoms with E-state index in [0.717, 1.165) is 6.07 Å². The monoisotopic (exact) mass is 344 g/mol. The number of rotatable bonds is 3. The minimum Gasteiger partial charge on any atom is -0.507 e. The van der Waals surface area contributed by atoms with Crippen molar-refractivity contribution in [2.24, 2.45) is 0 Å². The van der Waals surface area contributed by atoms with Crippen LogP contribution in [0.1, 0.15) is 0 Å². The van der Waals surface area contributed by atoms with Gasteiger partial charge in [0, 0.05) is 41.7 Å². The number of nitro benzene ring substituents is 1. The zero-order chi connectivity index (χ0) is 17.3. The first kappa shape index (κ1) is 15.7. The van der Waals surface area contributed by atoms with Gasteiger partial charge in [0.25, 0.3) is 5.69 Å². The number of hydrogen-bond donors (Lipinski definition) is 1. The van der Waals surface area contributed by atoms with Crippen molar-refractivity contribution < 1.29 is 14.4 Å². The van der Waals surface area contributed by atoms with Crippen LogP contribution >= 0.6 is 11.6 Å². The van der Waals surface area contributed by atoms with E-state index in [-0.39, 0.29) is 33.3 Å². The third-order valence-corrected chi connectivity index (χ3v) is 3.62. The van der Waals surface area contributed by atoms with Crippen LogP contribution in [0.15, 0.2) is 58.0 Å². The van der Waals surface area contributed by atoms with Gasteiger partial charge in [-0.1, -0.05) is 11.6 Å². The van der Waals surface area contributed by atoms with E-state index in [1.54, 1.807) is 18.3 Å². The molecule has 0 fully saturated rings. The number of aromatic nitrogens is 1. The second-order valence-corrected chi connectivity index (χ2v) is 5.23. The molecule has 0 atom stereocenters. The Labute approximate surface area is 139 Å². The fourth-order valence-electron chi connectivity index (χ4n) is 2.20. The zero-order valence-corrected chi connectivity index (χ0v) is 12.7. The average Bonchev–Trinajstić information content (AvgIpc) is 2.56. The molecule has 3 rings (SSSR count). The van der Waals surface area contributed by atoms with E-state index in [0.29, 0.717) is 5.56 Å². The van der Waals surface area contributed by atoms with Gasteiger partial charge < -0.3 is 9.52 Å². The Morgan fingerprint density at radius 2 is 2.04 bits per heavy atom. The highest BCUT2D eigenvalue weighted by atomic mass is 35.5. The Morgan fingerprint density at radius 3 is 2.62 bits per heavy atom. The number of non-ortho nitro benzene ring substituents is 1. The van der Waals surface area contributed by atoms with E-state index in [2.05, 4.69) is 4.98 Å². The minimum atomic E-state index is -0.815. The third-order valence-electron chi connectivity index (χ3n) is 3.31. The van der Waals surface area contributed by atoms with Gasteiger partial charge in [0.1, 0.15) is 17.1 Å². The van der Waals surface area contributed by atoms with Crippen LogP contribution in [0.5, 0.6) is 5.75 Å². The molecule has 0 unspecified atom stereocenters. The molecule has 0 radical (unpaired) electrons. The van der Waals surface area contributed by atoms with Gasteiger partial charge in [0.05, 0.1) is 9.95 Å². The van der Waals surface area contributed by atoms with E-state index in [1.807, 2.05) is 0 Å². The fourth-order valence-corrected chi connectivity index (χ4v) is 2.47. The van der Waals surface area contributed by atoms with Crippen molar-refractivity contribution in [2.75, 3.05) is 0 Å². The number of hydrogen-bond acceptors (Lipinski definition) is 6. The lowest BCUT2D eigenvalue weighted by Gasteiger charge is -2.07. The second-order valence-electron chi connectivity index (χ2n) is 4.82. The zero-order valence-electron chi connectivity index (χ0n) is 12.0. The second kappa shape index (κ2) is 6.13. The lowest BCUT2D eigenvalue weighted by Crippen LogP contribution is -2.04. The summed E-state index contributed by atoms with van der Waals surface area (Å²) in [5, 5.41) is 20.9. The highest BCUT2D eigenvalue weighted by Crippen LogP contribution is 2.35. The Bertz CT molecular complexity index is 986. The lowest BCUT2D eigenvalue weighted by atomic mass is 10.1. The first-order chi connectivity index (χ1) is 11.5. The molecule has 0 saturated carbocycles. The van der Waals surface area contributed by atoms with Gasteiger partial charge in [-0.05, 0) is 18.2 Å². The summed E-state index contributed by atoms with van der Waals surface area (Å²) in [5.41, 5.74) is -0.538. The molecule has 7 nitrogen and oxygen atoms in total. The molecule has 0 bridgehead atoms. The number of halogens is 1. The van der Waals surface area contributed by atoms with Crippen molar-refractivity contribution in [1.82, 2.24) is 4.98 Å². The predicted molar refractivity (Wildman–Crippen MR) is 87.0 cm³/mol. The molecule has 0 saturated heterocycles. The van der Waals surface area contributed by atoms with Gasteiger partial charge in [-0.3, -0.25) is 15.1 Å². The molecule has 0 amide bonds. The fraction of sp³-hybridized carbons (Fsp3) is 0. The van der Waals surface area contributed by atoms with E-state index < -0.39 is 10.5 Å². The van der Waals surface area contributed by atoms with E-state index in [9.17, 15) is 20.0 Å². The van der Waals surface area contributed by atoms with Gasteiger partial charge >= 0.3 is 5.63 Å². The molecule has 0 aliphatic carbocycles. The smallest absolute Gasteiger partial charge is 0.348 e. The largest absolute Gasteiger partial charge is 0.507 e. The van der Waals surface area contributed by atoms with Gasteiger partial charge in [-0.25, -0.2) is 4.79 Å². The summed E-state index contributed by atoms with van der Waals surface area (Å²) in [6, 6.07) is 8.18. The first-order valence-corrected chi connectivity index (χ1v) is 7.07. The van der Waals surface area contributed by atoms with E-state index in [4.69, 9.17) is 16.0 Å². The molecule has 1 aromatic carbocycles. The number of nitrogens with zero attached hydrogens (tertiary/aromatic N) is 2. The van der Waals surface area contributed by atoms with Gasteiger partial charge in [-0.2, -0.15) is 0 Å². The molecule has 2 heterocycles. The lowest BCUT2D eigenvalue weighted by molar-refractivity contribution is -0.384. The highest BCUT2D eigenvalue weighted by Gasteiger charge is 2.19. The Morgan fingerprint density at radius 1 is 1.25 bits per heavy atom. The molecule has 0 aliphatic heterocycles. The van der Waals surface area contributed by atoms with Crippen LogP contribution in [0.25, 0.3) is 22.5 Å². The van der Waals surface area contributed by atoms with Crippen LogP contribution in [0.2, 0.25) is 5.02 Å². The average molecular weight is 345 g/mol. The van der Waals surface area contributed by atoms with Crippen LogP contribution in [0.4, 0.5) is 5.69 Å². The summed E-state index contributed by atoms with van der Waals surface area (Å²) >= 11 is 6.00. The molecule has 0 spiro atoms. The topological polar surface area (TPSA) is 106 Å². The first-order valence-electron chi connectivity index (χ1n) is 6.69. The summed E-state index contributed by atoms with van der Waals surface area (Å²) < 4.78 is 5.21. The van der Waals surface area contributed by atoms with Crippen molar-refractivity contribution in [2.45, 2.75) is 0 Å². The van der Waals surface area contributed by atoms with Gasteiger partial charge in [0.2, 0.25) is 0 Å². The molecular formula is C16H9ClN2O5. The Balaban J connectivity index is 2.14. The third kappa shape index (κ3) is 2.84. The quantitative estimate of drug-likeness (QED) is 0.574. The maximum absolute atomic E-state index is 12.3. The number of nitro groups is 1. The molecule has 120 valence electrons. The maximum Gasteiger partial charge on any atom is 0.348 e. The van der Waals surface area contributed by atoms with Crippen LogP contribution in [0.3, 0.4) is 0 Å². The Kier molecular flexibility index (Phi) is 4.01. The number of aromatic hydroxyl groups is 1. The summed E-state index contributed by atoms with van der Waals surface area (Å²) in [4.78, 5) is 26.3. The van der Waals surface area contributed by atoms with E-state index in [1.165, 1.54) is 24.4 Å². The summed E-state index contributed by atoms with van der Waals surface area (Å²) in [6.45, 7) is 0. The number of benzene rings is 1. The molecule has 0 aliphatic rings. The molecular weight excluding hydrogens is 336 g/mol. The molecule has 3 aromatic rings. The maximum atomic E-state index is 12.3. The van der Waals surface area contributed by atoms with Crippen LogP contribution < -0.4 is 5.63 Å². The van der Waals surface area contributed by atoms with Crippen molar-refractivity contribution in [3.8, 4) is 28.2 Å². The van der Waals surface area contributed by atoms with Crippen molar-refractivity contribution in [3.05, 3.63) is 74.3 Å². The normalized spacial score (nSPS) is 10.5. The van der Waals surface area contributed by atoms with Crippen LogP contribution in [0, 0.1) is 10.1 Å². The SMILES string of the molecule is O=c1oc(-c2cccnc2)cc(O)c1-c1ccc([N+](=O)[O-])cc1Cl. The van der Waals surface area contributed by atoms with Crippen molar-refractivity contribution in [1.29, 1.82) is 0 Å². The molecule has 24 heavy (non-hydrogen) atoms. The van der Waals surface area contributed by atoms with Crippen LogP contribution in [-0.4, -0.2) is 15.0 Å². The molecule has 8 heteroatoms. The predicted octanol–water partition coefficient (Wildman–Crippen LogP) is 3.64. The van der Waals surface area contributed by atoms with Crippen molar-refractivity contribution >= 4 is 17.3 Å². The summed E-state index contributed by atoms with van der Waals surface area (Å²) in [7, 11) is 0. The highest BCUT2D eigenvalue weighted by molar-refractivity contribution is 6.33. The standard InChI is InChI=1S/C16H9ClN2O5/c17-12-6-10(19(22)23)3-4-11(12)15-13(20)7-14(24-16(15)21)9-2-1-5-18-8-9/h1-8,20H. The Hall–Kier alpha value is -3.19. The summed E-state index contributed by atoms with van der Waals surface area (Å²) in [6.07, 6.45) is 3.04. The summed E-state index contributed by atoms with van der Waals surface area (Å²) in [5.74, 6) is -0.201. The minimum absolute atomic E-state index is 0.0408. The van der Waals surface area contributed by atoms with E-state index >= 15 is 0 Å². The van der Waals surface area contributed by atoms with Gasteiger partial charge in [0.15, 0.2) is 0 Å². The molecule has 2 aromatic heterocycles. The van der Waals surface area contributed by atoms with Crippen molar-refractivity contribution in [3.63, 3.8) is 0 Å². The van der Waals surface area contributed by atoms with Gasteiger partial charge in [-0.15, -0.1) is 0 Å².